The third kappa shape index (κ3) is 1.86. The van der Waals surface area contributed by atoms with Gasteiger partial charge in [-0.25, -0.2) is 4.98 Å². The maximum atomic E-state index is 11.7. The number of amides is 1. The Bertz CT molecular complexity index is 350. The van der Waals surface area contributed by atoms with Crippen molar-refractivity contribution >= 4 is 17.5 Å². The molecule has 1 fully saturated rings. The summed E-state index contributed by atoms with van der Waals surface area (Å²) in [6, 6.07) is 4.99. The van der Waals surface area contributed by atoms with Crippen molar-refractivity contribution in [2.45, 2.75) is 0 Å². The summed E-state index contributed by atoms with van der Waals surface area (Å²) in [5.41, 5.74) is 0.364. The van der Waals surface area contributed by atoms with Crippen molar-refractivity contribution in [1.29, 1.82) is 0 Å². The molecule has 1 aromatic rings. The molecule has 14 heavy (non-hydrogen) atoms. The number of carbonyl (C=O) groups is 1. The second kappa shape index (κ2) is 3.94. The van der Waals surface area contributed by atoms with Gasteiger partial charge >= 0.3 is 0 Å². The molecule has 0 aromatic carbocycles. The number of ether oxygens (including phenoxy) is 1. The van der Waals surface area contributed by atoms with Crippen LogP contribution in [0.3, 0.4) is 0 Å². The van der Waals surface area contributed by atoms with E-state index in [1.165, 1.54) is 0 Å². The molecule has 0 radical (unpaired) electrons. The predicted molar refractivity (Wildman–Crippen MR) is 51.1 cm³/mol. The summed E-state index contributed by atoms with van der Waals surface area (Å²) in [6.45, 7) is 1.55. The van der Waals surface area contributed by atoms with Crippen molar-refractivity contribution in [3.8, 4) is 0 Å². The Kier molecular flexibility index (Phi) is 2.65. The van der Waals surface area contributed by atoms with Crippen LogP contribution in [0.2, 0.25) is 5.15 Å². The van der Waals surface area contributed by atoms with E-state index < -0.39 is 0 Å². The molecule has 4 nitrogen and oxygen atoms in total. The lowest BCUT2D eigenvalue weighted by Gasteiger charge is -2.12. The van der Waals surface area contributed by atoms with Gasteiger partial charge in [0.15, 0.2) is 0 Å². The lowest BCUT2D eigenvalue weighted by Crippen LogP contribution is -2.28. The fourth-order valence-electron chi connectivity index (χ4n) is 1.26. The molecule has 1 saturated heterocycles. The zero-order valence-electron chi connectivity index (χ0n) is 7.44. The minimum Gasteiger partial charge on any atom is -0.359 e. The van der Waals surface area contributed by atoms with Crippen LogP contribution in [0.15, 0.2) is 18.2 Å². The molecule has 2 heterocycles. The van der Waals surface area contributed by atoms with E-state index in [0.717, 1.165) is 0 Å². The van der Waals surface area contributed by atoms with Crippen molar-refractivity contribution in [2.24, 2.45) is 0 Å². The van der Waals surface area contributed by atoms with E-state index in [9.17, 15) is 4.79 Å². The molecule has 0 unspecified atom stereocenters. The van der Waals surface area contributed by atoms with Crippen LogP contribution in [0, 0.1) is 0 Å². The molecule has 1 aliphatic rings. The van der Waals surface area contributed by atoms with Gasteiger partial charge in [0.05, 0.1) is 6.61 Å². The molecule has 2 rings (SSSR count). The second-order valence-electron chi connectivity index (χ2n) is 2.95. The van der Waals surface area contributed by atoms with Gasteiger partial charge in [-0.3, -0.25) is 4.79 Å². The topological polar surface area (TPSA) is 42.4 Å². The van der Waals surface area contributed by atoms with Crippen molar-refractivity contribution in [3.63, 3.8) is 0 Å². The number of hydrogen-bond donors (Lipinski definition) is 0. The smallest absolute Gasteiger partial charge is 0.274 e. The third-order valence-corrected chi connectivity index (χ3v) is 2.18. The molecule has 0 atom stereocenters. The van der Waals surface area contributed by atoms with Crippen molar-refractivity contribution in [3.05, 3.63) is 29.0 Å². The molecule has 5 heteroatoms. The molecule has 1 aliphatic heterocycles. The van der Waals surface area contributed by atoms with Crippen molar-refractivity contribution < 1.29 is 9.53 Å². The highest BCUT2D eigenvalue weighted by Gasteiger charge is 2.20. The first-order valence-corrected chi connectivity index (χ1v) is 4.65. The highest BCUT2D eigenvalue weighted by molar-refractivity contribution is 6.29. The molecule has 1 amide bonds. The van der Waals surface area contributed by atoms with Gasteiger partial charge in [-0.15, -0.1) is 0 Å². The summed E-state index contributed by atoms with van der Waals surface area (Å²) in [5.74, 6) is -0.134. The molecule has 0 aliphatic carbocycles. The van der Waals surface area contributed by atoms with Crippen LogP contribution in [-0.4, -0.2) is 35.7 Å². The Hall–Kier alpha value is -1.13. The zero-order chi connectivity index (χ0) is 9.97. The fourth-order valence-corrected chi connectivity index (χ4v) is 1.43. The van der Waals surface area contributed by atoms with Crippen LogP contribution in [0.4, 0.5) is 0 Å². The third-order valence-electron chi connectivity index (χ3n) is 1.97. The highest BCUT2D eigenvalue weighted by atomic mass is 35.5. The minimum atomic E-state index is -0.134. The molecular formula is C9H9ClN2O2. The fraction of sp³-hybridized carbons (Fsp3) is 0.333. The van der Waals surface area contributed by atoms with Crippen molar-refractivity contribution in [1.82, 2.24) is 9.88 Å². The van der Waals surface area contributed by atoms with Gasteiger partial charge in [-0.05, 0) is 12.1 Å². The normalized spacial score (nSPS) is 15.9. The molecular weight excluding hydrogens is 204 g/mol. The number of nitrogens with zero attached hydrogens (tertiary/aromatic N) is 2. The zero-order valence-corrected chi connectivity index (χ0v) is 8.20. The van der Waals surface area contributed by atoms with Crippen LogP contribution < -0.4 is 0 Å². The number of hydrogen-bond acceptors (Lipinski definition) is 3. The average Bonchev–Trinajstić information content (AvgIpc) is 2.69. The largest absolute Gasteiger partial charge is 0.359 e. The quantitative estimate of drug-likeness (QED) is 0.657. The molecule has 74 valence electrons. The molecule has 0 saturated carbocycles. The lowest BCUT2D eigenvalue weighted by atomic mass is 10.3. The summed E-state index contributed by atoms with van der Waals surface area (Å²) in [6.07, 6.45) is 0. The van der Waals surface area contributed by atoms with Gasteiger partial charge in [0.2, 0.25) is 0 Å². The SMILES string of the molecule is O=C(c1cccc(Cl)n1)N1CCOC1. The summed E-state index contributed by atoms with van der Waals surface area (Å²) in [4.78, 5) is 17.3. The van der Waals surface area contributed by atoms with Crippen LogP contribution in [-0.2, 0) is 4.74 Å². The first kappa shape index (κ1) is 9.43. The van der Waals surface area contributed by atoms with E-state index in [4.69, 9.17) is 16.3 Å². The first-order valence-electron chi connectivity index (χ1n) is 4.27. The Morgan fingerprint density at radius 3 is 3.07 bits per heavy atom. The number of pyridine rings is 1. The van der Waals surface area contributed by atoms with Crippen LogP contribution in [0.5, 0.6) is 0 Å². The Balaban J connectivity index is 2.17. The average molecular weight is 213 g/mol. The van der Waals surface area contributed by atoms with Gasteiger partial charge in [0, 0.05) is 6.54 Å². The van der Waals surface area contributed by atoms with Gasteiger partial charge in [0.25, 0.3) is 5.91 Å². The van der Waals surface area contributed by atoms with Gasteiger partial charge in [0.1, 0.15) is 17.6 Å². The summed E-state index contributed by atoms with van der Waals surface area (Å²) in [5, 5.41) is 0.330. The maximum absolute atomic E-state index is 11.7. The van der Waals surface area contributed by atoms with Gasteiger partial charge in [-0.2, -0.15) is 0 Å². The van der Waals surface area contributed by atoms with Gasteiger partial charge < -0.3 is 9.64 Å². The number of halogens is 1. The number of carbonyl (C=O) groups excluding carboxylic acids is 1. The monoisotopic (exact) mass is 212 g/mol. The van der Waals surface area contributed by atoms with Crippen molar-refractivity contribution in [2.75, 3.05) is 19.9 Å². The number of aromatic nitrogens is 1. The van der Waals surface area contributed by atoms with Crippen LogP contribution in [0.1, 0.15) is 10.5 Å². The minimum absolute atomic E-state index is 0.134. The first-order chi connectivity index (χ1) is 6.77. The van der Waals surface area contributed by atoms with E-state index in [2.05, 4.69) is 4.98 Å². The van der Waals surface area contributed by atoms with E-state index in [1.807, 2.05) is 0 Å². The predicted octanol–water partition coefficient (Wildman–Crippen LogP) is 1.16. The lowest BCUT2D eigenvalue weighted by molar-refractivity contribution is 0.0689. The van der Waals surface area contributed by atoms with E-state index >= 15 is 0 Å². The molecule has 0 bridgehead atoms. The van der Waals surface area contributed by atoms with E-state index in [0.29, 0.717) is 30.7 Å². The summed E-state index contributed by atoms with van der Waals surface area (Å²) in [7, 11) is 0. The summed E-state index contributed by atoms with van der Waals surface area (Å²) >= 11 is 5.68. The Morgan fingerprint density at radius 2 is 2.43 bits per heavy atom. The summed E-state index contributed by atoms with van der Waals surface area (Å²) < 4.78 is 5.07. The Labute approximate surface area is 86.4 Å². The molecule has 0 spiro atoms. The number of rotatable bonds is 1. The van der Waals surface area contributed by atoms with Crippen LogP contribution in [0.25, 0.3) is 0 Å². The van der Waals surface area contributed by atoms with Gasteiger partial charge in [-0.1, -0.05) is 17.7 Å². The Morgan fingerprint density at radius 1 is 1.57 bits per heavy atom. The molecule has 1 aromatic heterocycles. The standard InChI is InChI=1S/C9H9ClN2O2/c10-8-3-1-2-7(11-8)9(13)12-4-5-14-6-12/h1-3H,4-6H2. The van der Waals surface area contributed by atoms with Crippen LogP contribution >= 0.6 is 11.6 Å². The second-order valence-corrected chi connectivity index (χ2v) is 3.34. The highest BCUT2D eigenvalue weighted by Crippen LogP contribution is 2.09. The van der Waals surface area contributed by atoms with E-state index in [1.54, 1.807) is 23.1 Å². The maximum Gasteiger partial charge on any atom is 0.274 e. The van der Waals surface area contributed by atoms with E-state index in [-0.39, 0.29) is 5.91 Å². The molecule has 0 N–H and O–H groups in total.